The van der Waals surface area contributed by atoms with Crippen molar-refractivity contribution in [1.29, 1.82) is 0 Å². The van der Waals surface area contributed by atoms with Gasteiger partial charge in [0, 0.05) is 19.8 Å². The number of aliphatic hydroxyl groups excluding tert-OH is 1. The van der Waals surface area contributed by atoms with E-state index in [9.17, 15) is 14.5 Å². The summed E-state index contributed by atoms with van der Waals surface area (Å²) in [6.07, 6.45) is -0.870. The van der Waals surface area contributed by atoms with E-state index in [2.05, 4.69) is 6.58 Å². The Labute approximate surface area is 113 Å². The first-order chi connectivity index (χ1) is 8.84. The first-order valence-electron chi connectivity index (χ1n) is 5.63. The molecule has 0 saturated carbocycles. The van der Waals surface area contributed by atoms with Crippen molar-refractivity contribution in [2.75, 3.05) is 40.2 Å². The van der Waals surface area contributed by atoms with Crippen LogP contribution in [0.25, 0.3) is 0 Å². The summed E-state index contributed by atoms with van der Waals surface area (Å²) in [5.41, 5.74) is 0.259. The fraction of sp³-hybridized carbons (Fsp3) is 0.727. The third-order valence-corrected chi connectivity index (χ3v) is 3.97. The number of hydrogen-bond donors (Lipinski definition) is 1. The highest BCUT2D eigenvalue weighted by Crippen LogP contribution is 2.45. The maximum atomic E-state index is 11.6. The number of rotatable bonds is 10. The standard InChI is InChI=1S/C11H21O7P/c1-9(2)11(13)18-8-10(12)7-17-5-6-19(14,15-3)16-4/h10,12H,1,5-8H2,2-4H3. The summed E-state index contributed by atoms with van der Waals surface area (Å²) in [6.45, 7) is 4.79. The Morgan fingerprint density at radius 3 is 2.37 bits per heavy atom. The van der Waals surface area contributed by atoms with E-state index < -0.39 is 19.7 Å². The summed E-state index contributed by atoms with van der Waals surface area (Å²) in [5, 5.41) is 9.46. The quantitative estimate of drug-likeness (QED) is 0.278. The van der Waals surface area contributed by atoms with Crippen molar-refractivity contribution in [2.45, 2.75) is 13.0 Å². The normalized spacial score (nSPS) is 13.1. The first-order valence-corrected chi connectivity index (χ1v) is 7.36. The van der Waals surface area contributed by atoms with E-state index in [1.807, 2.05) is 0 Å². The molecule has 0 rings (SSSR count). The minimum Gasteiger partial charge on any atom is -0.460 e. The fourth-order valence-corrected chi connectivity index (χ4v) is 1.86. The smallest absolute Gasteiger partial charge is 0.333 e. The molecule has 0 bridgehead atoms. The van der Waals surface area contributed by atoms with Crippen molar-refractivity contribution < 1.29 is 33.0 Å². The molecular formula is C11H21O7P. The van der Waals surface area contributed by atoms with Gasteiger partial charge >= 0.3 is 13.6 Å². The molecule has 1 atom stereocenters. The van der Waals surface area contributed by atoms with Crippen molar-refractivity contribution in [3.8, 4) is 0 Å². The van der Waals surface area contributed by atoms with Gasteiger partial charge in [0.15, 0.2) is 0 Å². The van der Waals surface area contributed by atoms with Crippen LogP contribution in [0.4, 0.5) is 0 Å². The molecule has 0 aliphatic carbocycles. The monoisotopic (exact) mass is 296 g/mol. The van der Waals surface area contributed by atoms with Crippen LogP contribution >= 0.6 is 7.60 Å². The topological polar surface area (TPSA) is 91.3 Å². The Morgan fingerprint density at radius 2 is 1.89 bits per heavy atom. The molecule has 0 radical (unpaired) electrons. The van der Waals surface area contributed by atoms with Gasteiger partial charge in [0.05, 0.1) is 19.4 Å². The van der Waals surface area contributed by atoms with Crippen molar-refractivity contribution in [3.63, 3.8) is 0 Å². The van der Waals surface area contributed by atoms with Gasteiger partial charge < -0.3 is 23.6 Å². The van der Waals surface area contributed by atoms with E-state index in [1.165, 1.54) is 21.1 Å². The molecule has 112 valence electrons. The molecule has 1 unspecified atom stereocenters. The predicted molar refractivity (Wildman–Crippen MR) is 69.1 cm³/mol. The second-order valence-electron chi connectivity index (χ2n) is 3.81. The maximum Gasteiger partial charge on any atom is 0.333 e. The summed E-state index contributed by atoms with van der Waals surface area (Å²) in [5.74, 6) is -0.567. The van der Waals surface area contributed by atoms with Crippen molar-refractivity contribution in [2.24, 2.45) is 0 Å². The Bertz CT molecular complexity index is 334. The van der Waals surface area contributed by atoms with Gasteiger partial charge in [-0.2, -0.15) is 0 Å². The molecule has 0 aromatic rings. The molecule has 0 fully saturated rings. The van der Waals surface area contributed by atoms with Gasteiger partial charge in [0.1, 0.15) is 12.7 Å². The molecule has 8 heteroatoms. The second kappa shape index (κ2) is 9.23. The molecular weight excluding hydrogens is 275 g/mol. The number of hydrogen-bond acceptors (Lipinski definition) is 7. The van der Waals surface area contributed by atoms with Gasteiger partial charge in [-0.15, -0.1) is 0 Å². The number of esters is 1. The average Bonchev–Trinajstić information content (AvgIpc) is 2.40. The molecule has 0 aliphatic rings. The molecule has 0 saturated heterocycles. The van der Waals surface area contributed by atoms with Crippen molar-refractivity contribution >= 4 is 13.6 Å². The van der Waals surface area contributed by atoms with Gasteiger partial charge in [0.25, 0.3) is 0 Å². The SMILES string of the molecule is C=C(C)C(=O)OCC(O)COCCP(=O)(OC)OC. The lowest BCUT2D eigenvalue weighted by Crippen LogP contribution is -2.24. The minimum absolute atomic E-state index is 0.0447. The second-order valence-corrected chi connectivity index (χ2v) is 6.21. The molecule has 0 aromatic heterocycles. The average molecular weight is 296 g/mol. The highest BCUT2D eigenvalue weighted by Gasteiger charge is 2.20. The Kier molecular flexibility index (Phi) is 8.88. The van der Waals surface area contributed by atoms with Gasteiger partial charge in [0.2, 0.25) is 0 Å². The van der Waals surface area contributed by atoms with Crippen molar-refractivity contribution in [1.82, 2.24) is 0 Å². The van der Waals surface area contributed by atoms with Crippen LogP contribution in [0, 0.1) is 0 Å². The molecule has 7 nitrogen and oxygen atoms in total. The fourth-order valence-electron chi connectivity index (χ4n) is 0.996. The van der Waals surface area contributed by atoms with Crippen LogP contribution in [0.1, 0.15) is 6.92 Å². The van der Waals surface area contributed by atoms with E-state index in [0.717, 1.165) is 0 Å². The first kappa shape index (κ1) is 18.3. The summed E-state index contributed by atoms with van der Waals surface area (Å²) in [4.78, 5) is 11.0. The van der Waals surface area contributed by atoms with E-state index in [1.54, 1.807) is 0 Å². The molecule has 0 aliphatic heterocycles. The molecule has 0 spiro atoms. The number of carbonyl (C=O) groups excluding carboxylic acids is 1. The summed E-state index contributed by atoms with van der Waals surface area (Å²) < 4.78 is 30.9. The molecule has 0 heterocycles. The summed E-state index contributed by atoms with van der Waals surface area (Å²) >= 11 is 0. The summed E-state index contributed by atoms with van der Waals surface area (Å²) in [7, 11) is -0.513. The third-order valence-electron chi connectivity index (χ3n) is 2.13. The Hall–Kier alpha value is -0.720. The predicted octanol–water partition coefficient (Wildman–Crippen LogP) is 0.969. The highest BCUT2D eigenvalue weighted by molar-refractivity contribution is 7.53. The van der Waals surface area contributed by atoms with E-state index in [-0.39, 0.29) is 31.6 Å². The zero-order valence-corrected chi connectivity index (χ0v) is 12.4. The molecule has 19 heavy (non-hydrogen) atoms. The third kappa shape index (κ3) is 8.13. The summed E-state index contributed by atoms with van der Waals surface area (Å²) in [6, 6.07) is 0. The lowest BCUT2D eigenvalue weighted by atomic mass is 10.3. The number of aliphatic hydroxyl groups is 1. The van der Waals surface area contributed by atoms with Gasteiger partial charge in [-0.05, 0) is 6.92 Å². The molecule has 1 N–H and O–H groups in total. The van der Waals surface area contributed by atoms with Crippen LogP contribution < -0.4 is 0 Å². The van der Waals surface area contributed by atoms with Crippen LogP contribution in [0.5, 0.6) is 0 Å². The van der Waals surface area contributed by atoms with Crippen LogP contribution in [-0.2, 0) is 27.9 Å². The Balaban J connectivity index is 3.75. The van der Waals surface area contributed by atoms with E-state index in [0.29, 0.717) is 0 Å². The zero-order valence-electron chi connectivity index (χ0n) is 11.5. The van der Waals surface area contributed by atoms with Crippen molar-refractivity contribution in [3.05, 3.63) is 12.2 Å². The Morgan fingerprint density at radius 1 is 1.32 bits per heavy atom. The van der Waals surface area contributed by atoms with Crippen LogP contribution in [0.3, 0.4) is 0 Å². The largest absolute Gasteiger partial charge is 0.460 e. The zero-order chi connectivity index (χ0) is 14.9. The van der Waals surface area contributed by atoms with Crippen LogP contribution in [0.2, 0.25) is 0 Å². The van der Waals surface area contributed by atoms with E-state index in [4.69, 9.17) is 18.5 Å². The lowest BCUT2D eigenvalue weighted by molar-refractivity contribution is -0.143. The van der Waals surface area contributed by atoms with Gasteiger partial charge in [-0.25, -0.2) is 4.79 Å². The van der Waals surface area contributed by atoms with Crippen LogP contribution in [-0.4, -0.2) is 57.4 Å². The molecule has 0 aromatic carbocycles. The lowest BCUT2D eigenvalue weighted by Gasteiger charge is -2.15. The number of ether oxygens (including phenoxy) is 2. The maximum absolute atomic E-state index is 11.6. The minimum atomic E-state index is -3.09. The highest BCUT2D eigenvalue weighted by atomic mass is 31.2. The van der Waals surface area contributed by atoms with Gasteiger partial charge in [-0.1, -0.05) is 6.58 Å². The van der Waals surface area contributed by atoms with Crippen LogP contribution in [0.15, 0.2) is 12.2 Å². The van der Waals surface area contributed by atoms with E-state index >= 15 is 0 Å². The van der Waals surface area contributed by atoms with Gasteiger partial charge in [-0.3, -0.25) is 4.57 Å². The molecule has 0 amide bonds. The number of carbonyl (C=O) groups is 1.